The molecule has 0 bridgehead atoms. The van der Waals surface area contributed by atoms with Crippen LogP contribution in [0, 0.1) is 6.92 Å². The van der Waals surface area contributed by atoms with E-state index in [1.165, 1.54) is 0 Å². The molecule has 0 fully saturated rings. The highest BCUT2D eigenvalue weighted by Gasteiger charge is 2.31. The van der Waals surface area contributed by atoms with E-state index in [0.717, 1.165) is 39.0 Å². The predicted molar refractivity (Wildman–Crippen MR) is 126 cm³/mol. The Labute approximate surface area is 185 Å². The molecule has 0 amide bonds. The molecule has 2 aromatic carbocycles. The highest BCUT2D eigenvalue weighted by molar-refractivity contribution is 7.84. The first kappa shape index (κ1) is 21.4. The number of nitrogens with two attached hydrogens (primary N) is 1. The van der Waals surface area contributed by atoms with Gasteiger partial charge >= 0.3 is 0 Å². The number of para-hydroxylation sites is 1. The number of fused-ring (bicyclic) bond motifs is 1. The van der Waals surface area contributed by atoms with E-state index < -0.39 is 15.7 Å². The summed E-state index contributed by atoms with van der Waals surface area (Å²) in [6, 6.07) is 20.2. The van der Waals surface area contributed by atoms with E-state index in [9.17, 15) is 4.21 Å². The zero-order valence-electron chi connectivity index (χ0n) is 18.0. The summed E-state index contributed by atoms with van der Waals surface area (Å²) in [6.45, 7) is 5.93. The molecule has 160 valence electrons. The Kier molecular flexibility index (Phi) is 6.03. The molecule has 5 nitrogen and oxygen atoms in total. The molecule has 4 rings (SSSR count). The third-order valence-electron chi connectivity index (χ3n) is 5.74. The predicted octanol–water partition coefficient (Wildman–Crippen LogP) is 5.32. The van der Waals surface area contributed by atoms with Gasteiger partial charge in [-0.1, -0.05) is 47.6 Å². The largest absolute Gasteiger partial charge is 0.356 e. The van der Waals surface area contributed by atoms with Gasteiger partial charge in [0.1, 0.15) is 5.69 Å². The number of aryl methyl sites for hydroxylation is 1. The minimum Gasteiger partial charge on any atom is -0.356 e. The quantitative estimate of drug-likeness (QED) is 0.428. The van der Waals surface area contributed by atoms with Gasteiger partial charge in [-0.25, -0.2) is 4.21 Å². The van der Waals surface area contributed by atoms with Crippen molar-refractivity contribution < 1.29 is 8.73 Å². The Balaban J connectivity index is 1.81. The Morgan fingerprint density at radius 1 is 1.06 bits per heavy atom. The van der Waals surface area contributed by atoms with E-state index >= 15 is 0 Å². The molecule has 0 aliphatic rings. The normalized spacial score (nSPS) is 13.9. The van der Waals surface area contributed by atoms with Crippen LogP contribution in [0.25, 0.3) is 22.2 Å². The summed E-state index contributed by atoms with van der Waals surface area (Å²) < 4.78 is 17.3. The lowest BCUT2D eigenvalue weighted by molar-refractivity contribution is 0.459. The maximum absolute atomic E-state index is 12.3. The highest BCUT2D eigenvalue weighted by Crippen LogP contribution is 2.38. The summed E-state index contributed by atoms with van der Waals surface area (Å²) in [5, 5.41) is 11.2. The van der Waals surface area contributed by atoms with Crippen molar-refractivity contribution in [3.8, 4) is 11.3 Å². The maximum atomic E-state index is 12.3. The van der Waals surface area contributed by atoms with Gasteiger partial charge in [0.05, 0.1) is 15.7 Å². The van der Waals surface area contributed by atoms with E-state index in [4.69, 9.17) is 9.66 Å². The molecule has 2 heterocycles. The third kappa shape index (κ3) is 4.60. The molecular formula is C25H27N3O2S. The lowest BCUT2D eigenvalue weighted by Crippen LogP contribution is -2.34. The van der Waals surface area contributed by atoms with Crippen LogP contribution in [0.2, 0.25) is 0 Å². The van der Waals surface area contributed by atoms with Crippen molar-refractivity contribution in [2.24, 2.45) is 5.14 Å². The van der Waals surface area contributed by atoms with Gasteiger partial charge in [0.2, 0.25) is 0 Å². The number of aromatic nitrogens is 2. The molecule has 0 aliphatic carbocycles. The van der Waals surface area contributed by atoms with Gasteiger partial charge in [-0.05, 0) is 68.9 Å². The molecule has 0 spiro atoms. The van der Waals surface area contributed by atoms with Crippen LogP contribution in [0.15, 0.2) is 71.4 Å². The molecule has 2 atom stereocenters. The van der Waals surface area contributed by atoms with Crippen LogP contribution in [0.5, 0.6) is 0 Å². The van der Waals surface area contributed by atoms with Crippen LogP contribution in [0.4, 0.5) is 0 Å². The molecular weight excluding hydrogens is 406 g/mol. The second-order valence-corrected chi connectivity index (χ2v) is 10.3. The molecule has 0 radical (unpaired) electrons. The van der Waals surface area contributed by atoms with Crippen LogP contribution in [0.3, 0.4) is 0 Å². The molecule has 2 N–H and O–H groups in total. The fraction of sp³-hybridized carbons (Fsp3) is 0.280. The zero-order valence-corrected chi connectivity index (χ0v) is 18.9. The van der Waals surface area contributed by atoms with Crippen molar-refractivity contribution >= 4 is 22.0 Å². The molecule has 0 saturated carbocycles. The van der Waals surface area contributed by atoms with Crippen LogP contribution in [-0.2, 0) is 17.4 Å². The summed E-state index contributed by atoms with van der Waals surface area (Å²) in [4.78, 5) is 4.62. The average Bonchev–Trinajstić information content (AvgIpc) is 3.18. The number of nitrogens with zero attached hydrogens (tertiary/aromatic N) is 2. The van der Waals surface area contributed by atoms with Crippen molar-refractivity contribution in [3.63, 3.8) is 0 Å². The van der Waals surface area contributed by atoms with Crippen molar-refractivity contribution in [1.82, 2.24) is 10.1 Å². The number of hydrogen-bond acceptors (Lipinski definition) is 4. The highest BCUT2D eigenvalue weighted by atomic mass is 32.2. The average molecular weight is 434 g/mol. The van der Waals surface area contributed by atoms with Crippen molar-refractivity contribution in [1.29, 1.82) is 0 Å². The number of benzene rings is 2. The first-order valence-electron chi connectivity index (χ1n) is 10.4. The number of hydrogen-bond donors (Lipinski definition) is 1. The van der Waals surface area contributed by atoms with Crippen molar-refractivity contribution in [2.45, 2.75) is 44.3 Å². The van der Waals surface area contributed by atoms with Gasteiger partial charge in [-0.2, -0.15) is 0 Å². The van der Waals surface area contributed by atoms with Gasteiger partial charge < -0.3 is 4.52 Å². The summed E-state index contributed by atoms with van der Waals surface area (Å²) in [7, 11) is -1.45. The van der Waals surface area contributed by atoms with E-state index in [0.29, 0.717) is 12.8 Å². The molecule has 0 saturated heterocycles. The molecule has 2 aromatic heterocycles. The lowest BCUT2D eigenvalue weighted by Gasteiger charge is -2.28. The Hall–Kier alpha value is -2.83. The molecule has 6 heteroatoms. The minimum atomic E-state index is -1.45. The van der Waals surface area contributed by atoms with Crippen molar-refractivity contribution in [3.05, 3.63) is 83.7 Å². The second-order valence-electron chi connectivity index (χ2n) is 8.60. The van der Waals surface area contributed by atoms with E-state index in [2.05, 4.69) is 34.4 Å². The molecule has 1 unspecified atom stereocenters. The fourth-order valence-electron chi connectivity index (χ4n) is 3.99. The van der Waals surface area contributed by atoms with Crippen molar-refractivity contribution in [2.75, 3.05) is 0 Å². The first-order chi connectivity index (χ1) is 14.8. The summed E-state index contributed by atoms with van der Waals surface area (Å²) in [5.41, 5.74) is 5.84. The van der Waals surface area contributed by atoms with E-state index in [-0.39, 0.29) is 5.92 Å². The van der Waals surface area contributed by atoms with Gasteiger partial charge in [0.25, 0.3) is 0 Å². The molecule has 31 heavy (non-hydrogen) atoms. The van der Waals surface area contributed by atoms with Gasteiger partial charge in [0, 0.05) is 22.8 Å². The SMILES string of the molecule is Cc1ccc(C[C@@H](CC(C)(C)S(N)=O)c2ccccc2-c2noc3ccccc23)nc1. The summed E-state index contributed by atoms with van der Waals surface area (Å²) in [6.07, 6.45) is 3.25. The van der Waals surface area contributed by atoms with E-state index in [1.807, 2.05) is 63.4 Å². The molecule has 0 aliphatic heterocycles. The second kappa shape index (κ2) is 8.73. The Morgan fingerprint density at radius 3 is 2.55 bits per heavy atom. The van der Waals surface area contributed by atoms with Gasteiger partial charge in [-0.15, -0.1) is 0 Å². The van der Waals surface area contributed by atoms with Gasteiger partial charge in [0.15, 0.2) is 5.58 Å². The van der Waals surface area contributed by atoms with E-state index in [1.54, 1.807) is 0 Å². The number of pyridine rings is 1. The zero-order chi connectivity index (χ0) is 22.0. The van der Waals surface area contributed by atoms with Crippen LogP contribution >= 0.6 is 0 Å². The number of rotatable bonds is 7. The maximum Gasteiger partial charge on any atom is 0.167 e. The Morgan fingerprint density at radius 2 is 1.81 bits per heavy atom. The Bertz CT molecular complexity index is 1210. The summed E-state index contributed by atoms with van der Waals surface area (Å²) in [5.74, 6) is 0.0596. The monoisotopic (exact) mass is 433 g/mol. The molecule has 4 aromatic rings. The van der Waals surface area contributed by atoms with Gasteiger partial charge in [-0.3, -0.25) is 10.1 Å². The lowest BCUT2D eigenvalue weighted by atomic mass is 9.83. The van der Waals surface area contributed by atoms with Crippen LogP contribution < -0.4 is 5.14 Å². The smallest absolute Gasteiger partial charge is 0.167 e. The summed E-state index contributed by atoms with van der Waals surface area (Å²) >= 11 is 0. The topological polar surface area (TPSA) is 82.0 Å². The standard InChI is InChI=1S/C25H27N3O2S/c1-17-12-13-19(27-16-17)14-18(15-25(2,3)31(26)29)20-8-4-5-9-21(20)24-22-10-6-7-11-23(22)30-28-24/h4-13,16,18H,14-15,26H2,1-3H3/t18-,31?/m0/s1. The fourth-order valence-corrected chi connectivity index (χ4v) is 4.35. The third-order valence-corrected chi connectivity index (χ3v) is 7.00. The first-order valence-corrected chi connectivity index (χ1v) is 11.6. The van der Waals surface area contributed by atoms with Crippen LogP contribution in [0.1, 0.15) is 43.0 Å². The van der Waals surface area contributed by atoms with Crippen LogP contribution in [-0.4, -0.2) is 19.1 Å². The minimum absolute atomic E-state index is 0.0596.